The van der Waals surface area contributed by atoms with Gasteiger partial charge >= 0.3 is 5.69 Å². The molecule has 2 N–H and O–H groups in total. The molecule has 0 aliphatic rings. The van der Waals surface area contributed by atoms with Crippen LogP contribution in [-0.2, 0) is 0 Å². The van der Waals surface area contributed by atoms with Crippen molar-refractivity contribution < 1.29 is 22.1 Å². The summed E-state index contributed by atoms with van der Waals surface area (Å²) in [6, 6.07) is 5.52. The van der Waals surface area contributed by atoms with Gasteiger partial charge in [-0.05, 0) is 13.0 Å². The molecule has 108 valence electrons. The number of nitrogens with one attached hydrogen (secondary N) is 2. The Bertz CT molecular complexity index is 736. The van der Waals surface area contributed by atoms with E-state index in [2.05, 4.69) is 20.5 Å². The first-order valence-electron chi connectivity index (χ1n) is 5.49. The molecule has 0 unspecified atom stereocenters. The van der Waals surface area contributed by atoms with Gasteiger partial charge in [-0.3, -0.25) is 25.3 Å². The number of diazo groups is 1. The second kappa shape index (κ2) is 6.44. The molecule has 1 heterocycles. The second-order valence-corrected chi connectivity index (χ2v) is 3.87. The quantitative estimate of drug-likeness (QED) is 0.443. The summed E-state index contributed by atoms with van der Waals surface area (Å²) in [5, 5.41) is 28.3. The SMILES string of the molecule is Cc1[nH]nc(NC(=O)c2ccccc2[N+](=O)[O-])c1[N+]#N.[Cl-]. The van der Waals surface area contributed by atoms with E-state index in [1.54, 1.807) is 6.92 Å². The average molecular weight is 309 g/mol. The molecule has 21 heavy (non-hydrogen) atoms. The van der Waals surface area contributed by atoms with Gasteiger partial charge in [0.15, 0.2) is 4.98 Å². The van der Waals surface area contributed by atoms with Crippen molar-refractivity contribution in [1.82, 2.24) is 10.2 Å². The van der Waals surface area contributed by atoms with Crippen molar-refractivity contribution in [2.24, 2.45) is 0 Å². The Balaban J connectivity index is 0.00000220. The van der Waals surface area contributed by atoms with Crippen molar-refractivity contribution in [3.8, 4) is 0 Å². The monoisotopic (exact) mass is 308 g/mol. The van der Waals surface area contributed by atoms with Crippen LogP contribution < -0.4 is 17.7 Å². The number of hydrogen-bond donors (Lipinski definition) is 2. The first-order valence-corrected chi connectivity index (χ1v) is 5.49. The number of aryl methyl sites for hydroxylation is 1. The fourth-order valence-electron chi connectivity index (χ4n) is 1.63. The van der Waals surface area contributed by atoms with Crippen molar-refractivity contribution in [1.29, 1.82) is 5.39 Å². The molecule has 0 atom stereocenters. The minimum atomic E-state index is -0.714. The number of amides is 1. The number of anilines is 1. The van der Waals surface area contributed by atoms with Crippen LogP contribution in [0.15, 0.2) is 24.3 Å². The number of halogens is 1. The lowest BCUT2D eigenvalue weighted by atomic mass is 10.1. The lowest BCUT2D eigenvalue weighted by molar-refractivity contribution is -0.385. The number of nitro benzene ring substituents is 1. The van der Waals surface area contributed by atoms with E-state index >= 15 is 0 Å². The van der Waals surface area contributed by atoms with Gasteiger partial charge in [0.1, 0.15) is 11.3 Å². The van der Waals surface area contributed by atoms with Crippen LogP contribution in [0.3, 0.4) is 0 Å². The fourth-order valence-corrected chi connectivity index (χ4v) is 1.63. The van der Waals surface area contributed by atoms with Crippen LogP contribution in [0.5, 0.6) is 0 Å². The van der Waals surface area contributed by atoms with E-state index in [4.69, 9.17) is 5.39 Å². The molecule has 0 aliphatic carbocycles. The molecule has 0 bridgehead atoms. The Morgan fingerprint density at radius 2 is 2.14 bits per heavy atom. The van der Waals surface area contributed by atoms with Gasteiger partial charge in [-0.1, -0.05) is 12.1 Å². The molecule has 0 spiro atoms. The number of rotatable bonds is 3. The maximum absolute atomic E-state index is 12.0. The zero-order chi connectivity index (χ0) is 14.7. The summed E-state index contributed by atoms with van der Waals surface area (Å²) in [6.45, 7) is 1.60. The maximum Gasteiger partial charge on any atom is 0.449 e. The molecule has 2 rings (SSSR count). The number of H-pyrrole nitrogens is 1. The third kappa shape index (κ3) is 3.13. The number of aromatic amines is 1. The molecule has 1 aromatic heterocycles. The summed E-state index contributed by atoms with van der Waals surface area (Å²) < 4.78 is 0. The molecular formula is C11H9ClN6O3. The zero-order valence-electron chi connectivity index (χ0n) is 10.7. The molecule has 0 saturated heterocycles. The molecule has 0 fully saturated rings. The third-order valence-electron chi connectivity index (χ3n) is 2.59. The number of carbonyl (C=O) groups excluding carboxylic acids is 1. The van der Waals surface area contributed by atoms with Crippen LogP contribution in [0.2, 0.25) is 0 Å². The molecular weight excluding hydrogens is 300 g/mol. The predicted octanol–water partition coefficient (Wildman–Crippen LogP) is -0.633. The van der Waals surface area contributed by atoms with Gasteiger partial charge in [-0.25, -0.2) is 0 Å². The number of aromatic nitrogens is 2. The molecule has 2 aromatic rings. The minimum Gasteiger partial charge on any atom is -1.00 e. The summed E-state index contributed by atoms with van der Waals surface area (Å²) in [6.07, 6.45) is 0. The number of nitro groups is 1. The zero-order valence-corrected chi connectivity index (χ0v) is 11.5. The standard InChI is InChI=1S/C11H8N6O3.ClH/c1-6-9(14-12)10(16-15-6)13-11(18)7-4-2-3-5-8(7)17(19)20;/h2-5,12H,1H3;1H. The molecule has 0 saturated carbocycles. The number of nitrogens with zero attached hydrogens (tertiary/aromatic N) is 4. The van der Waals surface area contributed by atoms with Gasteiger partial charge in [0, 0.05) is 6.07 Å². The van der Waals surface area contributed by atoms with E-state index in [1.165, 1.54) is 24.3 Å². The summed E-state index contributed by atoms with van der Waals surface area (Å²) in [5.74, 6) is -0.721. The molecule has 0 radical (unpaired) electrons. The Kier molecular flexibility index (Phi) is 4.93. The largest absolute Gasteiger partial charge is 1.00 e. The topological polar surface area (TPSA) is 129 Å². The highest BCUT2D eigenvalue weighted by atomic mass is 35.5. The lowest BCUT2D eigenvalue weighted by Gasteiger charge is -2.01. The molecule has 1 amide bonds. The van der Waals surface area contributed by atoms with Gasteiger partial charge < -0.3 is 12.4 Å². The van der Waals surface area contributed by atoms with Crippen LogP contribution in [0.4, 0.5) is 17.2 Å². The lowest BCUT2D eigenvalue weighted by Crippen LogP contribution is -3.00. The van der Waals surface area contributed by atoms with Crippen LogP contribution in [0.25, 0.3) is 4.98 Å². The fraction of sp³-hybridized carbons (Fsp3) is 0.0909. The van der Waals surface area contributed by atoms with E-state index < -0.39 is 10.8 Å². The summed E-state index contributed by atoms with van der Waals surface area (Å²) in [7, 11) is 0. The van der Waals surface area contributed by atoms with Crippen LogP contribution in [0, 0.1) is 22.4 Å². The smallest absolute Gasteiger partial charge is 0.449 e. The third-order valence-corrected chi connectivity index (χ3v) is 2.59. The van der Waals surface area contributed by atoms with Crippen molar-refractivity contribution in [3.05, 3.63) is 50.6 Å². The average Bonchev–Trinajstić information content (AvgIpc) is 2.78. The Hall–Kier alpha value is -2.99. The van der Waals surface area contributed by atoms with E-state index in [0.717, 1.165) is 0 Å². The van der Waals surface area contributed by atoms with Crippen molar-refractivity contribution >= 4 is 23.1 Å². The first-order chi connectivity index (χ1) is 9.54. The van der Waals surface area contributed by atoms with Gasteiger partial charge in [0.25, 0.3) is 17.4 Å². The van der Waals surface area contributed by atoms with Gasteiger partial charge in [0.2, 0.25) is 5.39 Å². The van der Waals surface area contributed by atoms with Crippen LogP contribution >= 0.6 is 0 Å². The number of benzene rings is 1. The Morgan fingerprint density at radius 3 is 2.76 bits per heavy atom. The molecule has 10 heteroatoms. The normalized spacial score (nSPS) is 9.33. The van der Waals surface area contributed by atoms with Gasteiger partial charge in [-0.15, -0.1) is 5.10 Å². The highest BCUT2D eigenvalue weighted by Crippen LogP contribution is 2.27. The Labute approximate surface area is 124 Å². The maximum atomic E-state index is 12.0. The van der Waals surface area contributed by atoms with E-state index in [9.17, 15) is 14.9 Å². The molecule has 9 nitrogen and oxygen atoms in total. The highest BCUT2D eigenvalue weighted by Gasteiger charge is 2.26. The Morgan fingerprint density at radius 1 is 1.48 bits per heavy atom. The molecule has 1 aromatic carbocycles. The predicted molar refractivity (Wildman–Crippen MR) is 69.1 cm³/mol. The first kappa shape index (κ1) is 16.1. The van der Waals surface area contributed by atoms with Crippen molar-refractivity contribution in [3.63, 3.8) is 0 Å². The van der Waals surface area contributed by atoms with E-state index in [0.29, 0.717) is 5.69 Å². The number of para-hydroxylation sites is 1. The van der Waals surface area contributed by atoms with E-state index in [-0.39, 0.29) is 35.2 Å². The summed E-state index contributed by atoms with van der Waals surface area (Å²) in [4.78, 5) is 25.2. The number of hydrogen-bond acceptors (Lipinski definition) is 5. The minimum absolute atomic E-state index is 0. The van der Waals surface area contributed by atoms with E-state index in [1.807, 2.05) is 0 Å². The highest BCUT2D eigenvalue weighted by molar-refractivity contribution is 6.07. The number of carbonyl (C=O) groups is 1. The molecule has 0 aliphatic heterocycles. The van der Waals surface area contributed by atoms with Gasteiger partial charge in [-0.2, -0.15) is 0 Å². The van der Waals surface area contributed by atoms with Crippen molar-refractivity contribution in [2.45, 2.75) is 6.92 Å². The van der Waals surface area contributed by atoms with Crippen LogP contribution in [-0.4, -0.2) is 21.0 Å². The van der Waals surface area contributed by atoms with Gasteiger partial charge in [0.05, 0.1) is 4.92 Å². The summed E-state index contributed by atoms with van der Waals surface area (Å²) in [5.41, 5.74) is 0.0871. The second-order valence-electron chi connectivity index (χ2n) is 3.87. The summed E-state index contributed by atoms with van der Waals surface area (Å²) >= 11 is 0. The van der Waals surface area contributed by atoms with Crippen molar-refractivity contribution in [2.75, 3.05) is 5.32 Å². The van der Waals surface area contributed by atoms with Crippen LogP contribution in [0.1, 0.15) is 16.1 Å².